The van der Waals surface area contributed by atoms with Crippen LogP contribution in [-0.2, 0) is 16.5 Å². The van der Waals surface area contributed by atoms with Gasteiger partial charge in [-0.05, 0) is 30.5 Å². The van der Waals surface area contributed by atoms with Gasteiger partial charge in [0.05, 0.1) is 4.90 Å². The molecule has 0 unspecified atom stereocenters. The van der Waals surface area contributed by atoms with Gasteiger partial charge in [0.15, 0.2) is 0 Å². The van der Waals surface area contributed by atoms with Crippen molar-refractivity contribution in [3.63, 3.8) is 0 Å². The molecule has 35 heavy (non-hydrogen) atoms. The Morgan fingerprint density at radius 2 is 0.829 bits per heavy atom. The summed E-state index contributed by atoms with van der Waals surface area (Å²) >= 11 is 0. The largest absolute Gasteiger partial charge is 1.00 e. The summed E-state index contributed by atoms with van der Waals surface area (Å²) in [5.41, 5.74) is 1.14. The molecule has 5 heteroatoms. The summed E-state index contributed by atoms with van der Waals surface area (Å²) in [6, 6.07) is 6.59. The molecule has 0 aromatic heterocycles. The molecule has 200 valence electrons. The monoisotopic (exact) mass is 518 g/mol. The molecular weight excluding hydrogens is 463 g/mol. The minimum absolute atomic E-state index is 0. The average Bonchev–Trinajstić information content (AvgIpc) is 2.82. The topological polar surface area (TPSA) is 54.4 Å². The van der Waals surface area contributed by atoms with Crippen molar-refractivity contribution in [2.24, 2.45) is 0 Å². The molecule has 0 bridgehead atoms. The molecule has 1 aromatic carbocycles. The van der Waals surface area contributed by atoms with E-state index in [9.17, 15) is 8.42 Å². The Balaban J connectivity index is 0. The van der Waals surface area contributed by atoms with Crippen molar-refractivity contribution in [3.05, 3.63) is 29.8 Å². The molecule has 1 rings (SSSR count). The van der Waals surface area contributed by atoms with Crippen LogP contribution in [0.15, 0.2) is 29.2 Å². The van der Waals surface area contributed by atoms with E-state index in [1.807, 2.05) is 0 Å². The Hall–Kier alpha value is 0.130. The fraction of sp³-hybridized carbons (Fsp3) is 0.800. The third-order valence-electron chi connectivity index (χ3n) is 7.04. The van der Waals surface area contributed by atoms with Crippen LogP contribution in [0.25, 0.3) is 0 Å². The van der Waals surface area contributed by atoms with E-state index in [2.05, 4.69) is 6.92 Å². The number of rotatable bonds is 24. The van der Waals surface area contributed by atoms with E-state index in [0.29, 0.717) is 0 Å². The van der Waals surface area contributed by atoms with Crippen LogP contribution in [0.2, 0.25) is 0 Å². The Kier molecular flexibility index (Phi) is 24.6. The summed E-state index contributed by atoms with van der Waals surface area (Å²) in [6.45, 7) is 2.29. The summed E-state index contributed by atoms with van der Waals surface area (Å²) in [6.07, 6.45) is 31.7. The SMILES string of the molecule is CCCCCCCCCCCCCCCCCCCCCCCCc1ccc(S(=O)(=O)O)cc1.[H-].[Na+]. The quantitative estimate of drug-likeness (QED) is 0.0895. The van der Waals surface area contributed by atoms with Crippen molar-refractivity contribution in [2.45, 2.75) is 159 Å². The van der Waals surface area contributed by atoms with E-state index >= 15 is 0 Å². The molecule has 0 fully saturated rings. The van der Waals surface area contributed by atoms with Crippen molar-refractivity contribution in [2.75, 3.05) is 0 Å². The van der Waals surface area contributed by atoms with Gasteiger partial charge in [-0.2, -0.15) is 8.42 Å². The maximum Gasteiger partial charge on any atom is 1.00 e. The number of hydrogen-bond acceptors (Lipinski definition) is 2. The minimum Gasteiger partial charge on any atom is -1.00 e. The Labute approximate surface area is 242 Å². The van der Waals surface area contributed by atoms with Gasteiger partial charge >= 0.3 is 29.6 Å². The zero-order chi connectivity index (χ0) is 24.7. The summed E-state index contributed by atoms with van der Waals surface area (Å²) < 4.78 is 31.1. The van der Waals surface area contributed by atoms with Crippen LogP contribution < -0.4 is 29.6 Å². The number of unbranched alkanes of at least 4 members (excludes halogenated alkanes) is 21. The first-order valence-corrected chi connectivity index (χ1v) is 16.0. The van der Waals surface area contributed by atoms with Crippen LogP contribution in [0.1, 0.15) is 155 Å². The number of hydrogen-bond donors (Lipinski definition) is 1. The molecule has 0 heterocycles. The van der Waals surface area contributed by atoms with E-state index in [-0.39, 0.29) is 35.9 Å². The number of benzene rings is 1. The van der Waals surface area contributed by atoms with Crippen molar-refractivity contribution in [1.82, 2.24) is 0 Å². The summed E-state index contributed by atoms with van der Waals surface area (Å²) in [7, 11) is -4.08. The van der Waals surface area contributed by atoms with Crippen molar-refractivity contribution in [3.8, 4) is 0 Å². The Bertz CT molecular complexity index is 680. The maximum atomic E-state index is 11.1. The van der Waals surface area contributed by atoms with E-state index < -0.39 is 10.1 Å². The van der Waals surface area contributed by atoms with Crippen molar-refractivity contribution < 1.29 is 44.0 Å². The fourth-order valence-corrected chi connectivity index (χ4v) is 5.25. The molecule has 0 saturated carbocycles. The molecule has 0 spiro atoms. The predicted octanol–water partition coefficient (Wildman–Crippen LogP) is 7.19. The van der Waals surface area contributed by atoms with Crippen LogP contribution in [0.4, 0.5) is 0 Å². The summed E-state index contributed by atoms with van der Waals surface area (Å²) in [5.74, 6) is 0. The van der Waals surface area contributed by atoms with Crippen molar-refractivity contribution in [1.29, 1.82) is 0 Å². The second kappa shape index (κ2) is 24.5. The second-order valence-corrected chi connectivity index (χ2v) is 11.7. The first kappa shape index (κ1) is 35.1. The molecule has 0 amide bonds. The zero-order valence-electron chi connectivity index (χ0n) is 24.2. The van der Waals surface area contributed by atoms with Gasteiger partial charge < -0.3 is 1.43 Å². The average molecular weight is 519 g/mol. The van der Waals surface area contributed by atoms with E-state index in [1.165, 1.54) is 147 Å². The van der Waals surface area contributed by atoms with Gasteiger partial charge in [0, 0.05) is 0 Å². The molecule has 0 aliphatic heterocycles. The second-order valence-electron chi connectivity index (χ2n) is 10.3. The van der Waals surface area contributed by atoms with Crippen molar-refractivity contribution >= 4 is 10.1 Å². The van der Waals surface area contributed by atoms with Crippen LogP contribution in [0, 0.1) is 0 Å². The Morgan fingerprint density at radius 3 is 1.11 bits per heavy atom. The van der Waals surface area contributed by atoms with Gasteiger partial charge in [-0.1, -0.05) is 154 Å². The van der Waals surface area contributed by atoms with Crippen LogP contribution in [0.5, 0.6) is 0 Å². The molecule has 0 aliphatic rings. The van der Waals surface area contributed by atoms with Crippen LogP contribution >= 0.6 is 0 Å². The van der Waals surface area contributed by atoms with Gasteiger partial charge in [-0.25, -0.2) is 0 Å². The fourth-order valence-electron chi connectivity index (χ4n) is 4.77. The first-order chi connectivity index (χ1) is 16.5. The first-order valence-electron chi connectivity index (χ1n) is 14.6. The molecule has 1 N–H and O–H groups in total. The maximum absolute atomic E-state index is 11.1. The Morgan fingerprint density at radius 1 is 0.543 bits per heavy atom. The third kappa shape index (κ3) is 21.9. The molecule has 0 aliphatic carbocycles. The normalized spacial score (nSPS) is 11.5. The number of aryl methyl sites for hydroxylation is 1. The molecule has 0 saturated heterocycles. The standard InChI is InChI=1S/C30H54O3S.Na.H/c1-2-3-4-5-6-7-8-9-10-11-12-13-14-15-16-17-18-19-20-21-22-23-24-29-25-27-30(28-26-29)34(31,32)33;;/h25-28H,2-24H2,1H3,(H,31,32,33);;/q;+1;-1. The zero-order valence-corrected chi connectivity index (χ0v) is 26.1. The van der Waals surface area contributed by atoms with Crippen LogP contribution in [0.3, 0.4) is 0 Å². The molecule has 0 atom stereocenters. The van der Waals surface area contributed by atoms with Gasteiger partial charge in [-0.3, -0.25) is 4.55 Å². The molecule has 1 aromatic rings. The van der Waals surface area contributed by atoms with E-state index in [4.69, 9.17) is 4.55 Å². The summed E-state index contributed by atoms with van der Waals surface area (Å²) in [4.78, 5) is -0.0228. The predicted molar refractivity (Wildman–Crippen MR) is 148 cm³/mol. The smallest absolute Gasteiger partial charge is 1.00 e. The molecule has 3 nitrogen and oxygen atoms in total. The summed E-state index contributed by atoms with van der Waals surface area (Å²) in [5, 5.41) is 0. The van der Waals surface area contributed by atoms with E-state index in [1.54, 1.807) is 12.1 Å². The third-order valence-corrected chi connectivity index (χ3v) is 7.91. The van der Waals surface area contributed by atoms with Gasteiger partial charge in [0.25, 0.3) is 10.1 Å². The van der Waals surface area contributed by atoms with Gasteiger partial charge in [-0.15, -0.1) is 0 Å². The molecular formula is C30H55NaO3S. The van der Waals surface area contributed by atoms with Gasteiger partial charge in [0.1, 0.15) is 0 Å². The van der Waals surface area contributed by atoms with E-state index in [0.717, 1.165) is 18.4 Å². The van der Waals surface area contributed by atoms with Gasteiger partial charge in [0.2, 0.25) is 0 Å². The molecule has 0 radical (unpaired) electrons. The van der Waals surface area contributed by atoms with Crippen LogP contribution in [-0.4, -0.2) is 13.0 Å². The minimum atomic E-state index is -4.08.